The number of ketones is 1. The van der Waals surface area contributed by atoms with Crippen molar-refractivity contribution in [2.75, 3.05) is 7.11 Å². The second kappa shape index (κ2) is 8.54. The van der Waals surface area contributed by atoms with E-state index < -0.39 is 29.2 Å². The van der Waals surface area contributed by atoms with Crippen LogP contribution in [0.2, 0.25) is 5.02 Å². The van der Waals surface area contributed by atoms with Gasteiger partial charge in [0.15, 0.2) is 17.5 Å². The smallest absolute Gasteiger partial charge is 0.328 e. The molecule has 0 aliphatic carbocycles. The Balaban J connectivity index is 2.01. The predicted octanol–water partition coefficient (Wildman–Crippen LogP) is 3.99. The van der Waals surface area contributed by atoms with Crippen molar-refractivity contribution in [3.05, 3.63) is 59.2 Å². The molecule has 1 unspecified atom stereocenters. The lowest BCUT2D eigenvalue weighted by Gasteiger charge is -2.12. The van der Waals surface area contributed by atoms with Gasteiger partial charge in [-0.1, -0.05) is 23.7 Å². The van der Waals surface area contributed by atoms with E-state index in [0.717, 1.165) is 11.5 Å². The van der Waals surface area contributed by atoms with E-state index in [2.05, 4.69) is 9.36 Å². The molecule has 2 aromatic carbocycles. The SMILES string of the molecule is COc1ccc(-c2nc(C(=O)C(N)C(=O)O)c(O)c3c(-c4ccc(Cl)cc4)nsc23)cc1. The van der Waals surface area contributed by atoms with Crippen LogP contribution in [0.3, 0.4) is 0 Å². The quantitative estimate of drug-likeness (QED) is 0.285. The molecule has 0 amide bonds. The number of carboxylic acid groups (broad SMARTS) is 1. The van der Waals surface area contributed by atoms with Crippen molar-refractivity contribution in [2.45, 2.75) is 6.04 Å². The molecule has 0 saturated heterocycles. The Morgan fingerprint density at radius 1 is 1.06 bits per heavy atom. The predicted molar refractivity (Wildman–Crippen MR) is 121 cm³/mol. The van der Waals surface area contributed by atoms with Crippen LogP contribution in [0, 0.1) is 0 Å². The summed E-state index contributed by atoms with van der Waals surface area (Å²) in [6, 6.07) is 11.9. The van der Waals surface area contributed by atoms with Crippen LogP contribution < -0.4 is 10.5 Å². The molecule has 10 heteroatoms. The van der Waals surface area contributed by atoms with Crippen LogP contribution in [-0.4, -0.2) is 44.5 Å². The third-order valence-electron chi connectivity index (χ3n) is 4.85. The zero-order valence-corrected chi connectivity index (χ0v) is 18.1. The number of hydrogen-bond acceptors (Lipinski definition) is 8. The molecule has 4 N–H and O–H groups in total. The Morgan fingerprint density at radius 3 is 2.25 bits per heavy atom. The van der Waals surface area contributed by atoms with Crippen LogP contribution >= 0.6 is 23.1 Å². The molecule has 0 saturated carbocycles. The Labute approximate surface area is 191 Å². The average molecular weight is 470 g/mol. The molecule has 2 heterocycles. The highest BCUT2D eigenvalue weighted by molar-refractivity contribution is 7.14. The van der Waals surface area contributed by atoms with Gasteiger partial charge in [0, 0.05) is 16.1 Å². The number of aliphatic carboxylic acids is 1. The second-order valence-electron chi connectivity index (χ2n) is 6.81. The summed E-state index contributed by atoms with van der Waals surface area (Å²) in [6.45, 7) is 0. The molecular weight excluding hydrogens is 454 g/mol. The van der Waals surface area contributed by atoms with Crippen molar-refractivity contribution in [1.82, 2.24) is 9.36 Å². The highest BCUT2D eigenvalue weighted by Crippen LogP contribution is 2.43. The normalized spacial score (nSPS) is 12.0. The number of aromatic nitrogens is 2. The first-order valence-corrected chi connectivity index (χ1v) is 10.4. The van der Waals surface area contributed by atoms with Crippen LogP contribution in [0.1, 0.15) is 10.5 Å². The largest absolute Gasteiger partial charge is 0.505 e. The highest BCUT2D eigenvalue weighted by atomic mass is 35.5. The molecule has 0 radical (unpaired) electrons. The number of methoxy groups -OCH3 is 1. The number of Topliss-reactive ketones (excluding diaryl/α,β-unsaturated/α-hetero) is 1. The van der Waals surface area contributed by atoms with E-state index in [1.54, 1.807) is 48.5 Å². The monoisotopic (exact) mass is 469 g/mol. The van der Waals surface area contributed by atoms with Crippen molar-refractivity contribution in [3.63, 3.8) is 0 Å². The van der Waals surface area contributed by atoms with E-state index in [0.29, 0.717) is 38.0 Å². The zero-order chi connectivity index (χ0) is 23.0. The molecule has 4 rings (SSSR count). The van der Waals surface area contributed by atoms with Gasteiger partial charge < -0.3 is 20.7 Å². The van der Waals surface area contributed by atoms with Gasteiger partial charge in [0.2, 0.25) is 5.78 Å². The minimum Gasteiger partial charge on any atom is -0.505 e. The van der Waals surface area contributed by atoms with Gasteiger partial charge in [-0.05, 0) is 47.9 Å². The zero-order valence-electron chi connectivity index (χ0n) is 16.6. The average Bonchev–Trinajstić information content (AvgIpc) is 3.25. The number of aromatic hydroxyl groups is 1. The molecular formula is C22H16ClN3O5S. The topological polar surface area (TPSA) is 136 Å². The summed E-state index contributed by atoms with van der Waals surface area (Å²) < 4.78 is 10.2. The number of nitrogens with zero attached hydrogens (tertiary/aromatic N) is 2. The van der Waals surface area contributed by atoms with Crippen molar-refractivity contribution in [2.24, 2.45) is 5.73 Å². The number of carbonyl (C=O) groups excluding carboxylic acids is 1. The number of nitrogens with two attached hydrogens (primary N) is 1. The standard InChI is InChI=1S/C22H16ClN3O5S/c1-31-13-8-4-11(5-9-13)17-21-14(16(26-32-21)10-2-6-12(23)7-3-10)19(27)18(25-17)20(28)15(24)22(29)30/h2-9,15,27H,24H2,1H3,(H,29,30). The minimum absolute atomic E-state index is 0.277. The summed E-state index contributed by atoms with van der Waals surface area (Å²) in [5.41, 5.74) is 7.14. The van der Waals surface area contributed by atoms with Crippen molar-refractivity contribution < 1.29 is 24.5 Å². The van der Waals surface area contributed by atoms with Crippen molar-refractivity contribution in [3.8, 4) is 34.0 Å². The second-order valence-corrected chi connectivity index (χ2v) is 8.02. The molecule has 162 valence electrons. The summed E-state index contributed by atoms with van der Waals surface area (Å²) in [4.78, 5) is 28.4. The lowest BCUT2D eigenvalue weighted by molar-refractivity contribution is -0.137. The van der Waals surface area contributed by atoms with Gasteiger partial charge in [-0.2, -0.15) is 4.37 Å². The Kier molecular flexibility index (Phi) is 5.79. The van der Waals surface area contributed by atoms with Gasteiger partial charge in [0.05, 0.1) is 28.6 Å². The van der Waals surface area contributed by atoms with Gasteiger partial charge in [0.1, 0.15) is 5.75 Å². The minimum atomic E-state index is -1.87. The van der Waals surface area contributed by atoms with E-state index in [-0.39, 0.29) is 5.39 Å². The molecule has 0 fully saturated rings. The van der Waals surface area contributed by atoms with Crippen molar-refractivity contribution >= 4 is 45.0 Å². The molecule has 1 atom stereocenters. The molecule has 0 bridgehead atoms. The summed E-state index contributed by atoms with van der Waals surface area (Å²) in [5.74, 6) is -2.39. The molecule has 0 spiro atoms. The lowest BCUT2D eigenvalue weighted by atomic mass is 10.0. The van der Waals surface area contributed by atoms with Crippen LogP contribution in [0.15, 0.2) is 48.5 Å². The van der Waals surface area contributed by atoms with E-state index in [4.69, 9.17) is 22.1 Å². The summed E-state index contributed by atoms with van der Waals surface area (Å²) in [6.07, 6.45) is 0. The molecule has 0 aliphatic rings. The number of pyridine rings is 1. The molecule has 4 aromatic rings. The molecule has 2 aromatic heterocycles. The summed E-state index contributed by atoms with van der Waals surface area (Å²) in [7, 11) is 1.54. The van der Waals surface area contributed by atoms with E-state index in [1.165, 1.54) is 7.11 Å². The van der Waals surface area contributed by atoms with Crippen LogP contribution in [-0.2, 0) is 4.79 Å². The lowest BCUT2D eigenvalue weighted by Crippen LogP contribution is -2.39. The molecule has 8 nitrogen and oxygen atoms in total. The van der Waals surface area contributed by atoms with Gasteiger partial charge in [-0.3, -0.25) is 9.59 Å². The summed E-state index contributed by atoms with van der Waals surface area (Å²) in [5, 5.41) is 21.0. The number of ether oxygens (including phenoxy) is 1. The fraction of sp³-hybridized carbons (Fsp3) is 0.0909. The molecule has 0 aliphatic heterocycles. The van der Waals surface area contributed by atoms with Gasteiger partial charge >= 0.3 is 5.97 Å². The first-order chi connectivity index (χ1) is 15.3. The summed E-state index contributed by atoms with van der Waals surface area (Å²) >= 11 is 7.08. The highest BCUT2D eigenvalue weighted by Gasteiger charge is 2.30. The van der Waals surface area contributed by atoms with E-state index in [1.807, 2.05) is 0 Å². The maximum Gasteiger partial charge on any atom is 0.328 e. The van der Waals surface area contributed by atoms with Gasteiger partial charge in [-0.15, -0.1) is 0 Å². The van der Waals surface area contributed by atoms with Crippen LogP contribution in [0.25, 0.3) is 32.6 Å². The number of halogens is 1. The maximum atomic E-state index is 12.8. The number of fused-ring (bicyclic) bond motifs is 1. The van der Waals surface area contributed by atoms with E-state index in [9.17, 15) is 19.8 Å². The van der Waals surface area contributed by atoms with Crippen LogP contribution in [0.5, 0.6) is 11.5 Å². The fourth-order valence-electron chi connectivity index (χ4n) is 3.19. The van der Waals surface area contributed by atoms with E-state index >= 15 is 0 Å². The van der Waals surface area contributed by atoms with Gasteiger partial charge in [-0.25, -0.2) is 4.98 Å². The Bertz CT molecular complexity index is 1340. The van der Waals surface area contributed by atoms with Gasteiger partial charge in [0.25, 0.3) is 0 Å². The first-order valence-electron chi connectivity index (χ1n) is 9.27. The Hall–Kier alpha value is -3.53. The maximum absolute atomic E-state index is 12.8. The van der Waals surface area contributed by atoms with Crippen molar-refractivity contribution in [1.29, 1.82) is 0 Å². The first kappa shape index (κ1) is 21.7. The number of carbonyl (C=O) groups is 2. The Morgan fingerprint density at radius 2 is 1.66 bits per heavy atom. The number of benzene rings is 2. The number of carboxylic acids is 1. The third kappa shape index (κ3) is 3.77. The number of rotatable bonds is 6. The van der Waals surface area contributed by atoms with Crippen LogP contribution in [0.4, 0.5) is 0 Å². The molecule has 32 heavy (non-hydrogen) atoms. The fourth-order valence-corrected chi connectivity index (χ4v) is 4.23. The third-order valence-corrected chi connectivity index (χ3v) is 5.96. The number of hydrogen-bond donors (Lipinski definition) is 3.